The fourth-order valence-corrected chi connectivity index (χ4v) is 5.35. The number of fused-ring (bicyclic) bond motifs is 3. The zero-order valence-electron chi connectivity index (χ0n) is 15.8. The highest BCUT2D eigenvalue weighted by Gasteiger charge is 2.55. The number of nitriles is 1. The SMILES string of the molecule is Cn1nc2c(c1-c1ccccc1)CC[C@H]1C(C)(C)C(O)C(C#N)=C[C@]21C. The van der Waals surface area contributed by atoms with Crippen molar-refractivity contribution < 1.29 is 5.11 Å². The summed E-state index contributed by atoms with van der Waals surface area (Å²) in [7, 11) is 2.00. The van der Waals surface area contributed by atoms with Crippen LogP contribution in [0.3, 0.4) is 0 Å². The Labute approximate surface area is 154 Å². The molecule has 2 aliphatic carbocycles. The van der Waals surface area contributed by atoms with Gasteiger partial charge in [-0.2, -0.15) is 10.4 Å². The van der Waals surface area contributed by atoms with E-state index in [2.05, 4.69) is 51.1 Å². The van der Waals surface area contributed by atoms with Crippen LogP contribution >= 0.6 is 0 Å². The number of nitrogens with zero attached hydrogens (tertiary/aromatic N) is 3. The number of aryl methyl sites for hydroxylation is 1. The Hall–Kier alpha value is -2.38. The van der Waals surface area contributed by atoms with Crippen LogP contribution in [0.5, 0.6) is 0 Å². The minimum atomic E-state index is -0.718. The zero-order chi connectivity index (χ0) is 18.7. The highest BCUT2D eigenvalue weighted by molar-refractivity contribution is 5.66. The lowest BCUT2D eigenvalue weighted by Gasteiger charge is -2.52. The van der Waals surface area contributed by atoms with Gasteiger partial charge in [-0.15, -0.1) is 0 Å². The third-order valence-electron chi connectivity index (χ3n) is 6.59. The van der Waals surface area contributed by atoms with Crippen molar-refractivity contribution in [1.82, 2.24) is 9.78 Å². The van der Waals surface area contributed by atoms with Gasteiger partial charge in [-0.3, -0.25) is 4.68 Å². The fourth-order valence-electron chi connectivity index (χ4n) is 5.35. The van der Waals surface area contributed by atoms with Gasteiger partial charge in [0.2, 0.25) is 0 Å². The zero-order valence-corrected chi connectivity index (χ0v) is 15.8. The minimum absolute atomic E-state index is 0.244. The van der Waals surface area contributed by atoms with Crippen molar-refractivity contribution in [3.8, 4) is 17.3 Å². The molecule has 0 aliphatic heterocycles. The highest BCUT2D eigenvalue weighted by Crippen LogP contribution is 2.56. The summed E-state index contributed by atoms with van der Waals surface area (Å²) in [5.74, 6) is 0.244. The quantitative estimate of drug-likeness (QED) is 0.854. The Kier molecular flexibility index (Phi) is 3.65. The van der Waals surface area contributed by atoms with Crippen LogP contribution in [0.15, 0.2) is 42.0 Å². The van der Waals surface area contributed by atoms with Crippen molar-refractivity contribution in [2.45, 2.75) is 45.1 Å². The molecule has 0 spiro atoms. The molecule has 134 valence electrons. The molecule has 0 fully saturated rings. The van der Waals surface area contributed by atoms with Crippen LogP contribution < -0.4 is 0 Å². The van der Waals surface area contributed by atoms with Crippen molar-refractivity contribution in [3.63, 3.8) is 0 Å². The molecule has 1 N–H and O–H groups in total. The van der Waals surface area contributed by atoms with E-state index in [1.165, 1.54) is 11.1 Å². The molecule has 1 aromatic heterocycles. The number of aliphatic hydroxyl groups is 1. The Balaban J connectivity index is 1.95. The number of benzene rings is 1. The van der Waals surface area contributed by atoms with E-state index >= 15 is 0 Å². The van der Waals surface area contributed by atoms with Gasteiger partial charge >= 0.3 is 0 Å². The second-order valence-corrected chi connectivity index (χ2v) is 8.47. The monoisotopic (exact) mass is 347 g/mol. The number of hydrogen-bond donors (Lipinski definition) is 1. The van der Waals surface area contributed by atoms with Gasteiger partial charge in [0, 0.05) is 23.6 Å². The first kappa shape index (κ1) is 17.1. The lowest BCUT2D eigenvalue weighted by Crippen LogP contribution is -2.52. The second kappa shape index (κ2) is 5.56. The molecule has 4 rings (SSSR count). The molecule has 1 aromatic carbocycles. The maximum Gasteiger partial charge on any atom is 0.0971 e. The summed E-state index contributed by atoms with van der Waals surface area (Å²) in [6.45, 7) is 6.34. The predicted molar refractivity (Wildman–Crippen MR) is 101 cm³/mol. The minimum Gasteiger partial charge on any atom is -0.387 e. The van der Waals surface area contributed by atoms with E-state index in [1.54, 1.807) is 0 Å². The van der Waals surface area contributed by atoms with E-state index in [0.29, 0.717) is 5.57 Å². The first-order valence-electron chi connectivity index (χ1n) is 9.23. The van der Waals surface area contributed by atoms with E-state index in [4.69, 9.17) is 5.10 Å². The molecular formula is C22H25N3O. The summed E-state index contributed by atoms with van der Waals surface area (Å²) in [6, 6.07) is 12.6. The van der Waals surface area contributed by atoms with Crippen LogP contribution in [0.2, 0.25) is 0 Å². The fraction of sp³-hybridized carbons (Fsp3) is 0.455. The third kappa shape index (κ3) is 2.13. The van der Waals surface area contributed by atoms with Gasteiger partial charge in [0.1, 0.15) is 0 Å². The largest absolute Gasteiger partial charge is 0.387 e. The average molecular weight is 347 g/mol. The van der Waals surface area contributed by atoms with E-state index in [9.17, 15) is 10.4 Å². The summed E-state index contributed by atoms with van der Waals surface area (Å²) >= 11 is 0. The molecule has 2 aromatic rings. The Bertz CT molecular complexity index is 932. The normalized spacial score (nSPS) is 29.3. The predicted octanol–water partition coefficient (Wildman–Crippen LogP) is 3.76. The summed E-state index contributed by atoms with van der Waals surface area (Å²) in [4.78, 5) is 0. The van der Waals surface area contributed by atoms with Crippen molar-refractivity contribution in [2.75, 3.05) is 0 Å². The van der Waals surface area contributed by atoms with Gasteiger partial charge in [-0.05, 0) is 24.2 Å². The van der Waals surface area contributed by atoms with Crippen LogP contribution in [0, 0.1) is 22.7 Å². The van der Waals surface area contributed by atoms with Crippen LogP contribution in [-0.4, -0.2) is 21.0 Å². The third-order valence-corrected chi connectivity index (χ3v) is 6.59. The molecule has 0 radical (unpaired) electrons. The van der Waals surface area contributed by atoms with E-state index in [1.807, 2.05) is 23.9 Å². The second-order valence-electron chi connectivity index (χ2n) is 8.47. The van der Waals surface area contributed by atoms with Crippen molar-refractivity contribution in [3.05, 3.63) is 53.2 Å². The molecule has 3 atom stereocenters. The maximum atomic E-state index is 10.7. The van der Waals surface area contributed by atoms with Crippen LogP contribution in [-0.2, 0) is 18.9 Å². The molecule has 0 bridgehead atoms. The molecule has 0 saturated heterocycles. The standard InChI is InChI=1S/C22H25N3O/c1-21(2)17-11-10-16-18(14-8-6-5-7-9-14)25(4)24-19(16)22(17,3)12-15(13-23)20(21)26/h5-9,12,17,20,26H,10-11H2,1-4H3/t17-,20?,22-/m0/s1. The lowest BCUT2D eigenvalue weighted by molar-refractivity contribution is -0.0102. The molecule has 0 saturated carbocycles. The molecule has 1 heterocycles. The molecule has 4 heteroatoms. The molecule has 26 heavy (non-hydrogen) atoms. The van der Waals surface area contributed by atoms with Gasteiger partial charge < -0.3 is 5.11 Å². The summed E-state index contributed by atoms with van der Waals surface area (Å²) in [6.07, 6.45) is 3.19. The number of aromatic nitrogens is 2. The number of aliphatic hydroxyl groups excluding tert-OH is 1. The van der Waals surface area contributed by atoms with Crippen LogP contribution in [0.25, 0.3) is 11.3 Å². The lowest BCUT2D eigenvalue weighted by atomic mass is 9.52. The number of hydrogen-bond acceptors (Lipinski definition) is 3. The molecule has 0 amide bonds. The van der Waals surface area contributed by atoms with Crippen molar-refractivity contribution in [1.29, 1.82) is 5.26 Å². The topological polar surface area (TPSA) is 61.8 Å². The number of allylic oxidation sites excluding steroid dienone is 1. The van der Waals surface area contributed by atoms with E-state index < -0.39 is 6.10 Å². The van der Waals surface area contributed by atoms with Gasteiger partial charge in [0.25, 0.3) is 0 Å². The maximum absolute atomic E-state index is 10.7. The first-order valence-corrected chi connectivity index (χ1v) is 9.23. The van der Waals surface area contributed by atoms with E-state index in [-0.39, 0.29) is 16.7 Å². The molecule has 2 aliphatic rings. The van der Waals surface area contributed by atoms with Gasteiger partial charge in [0.15, 0.2) is 0 Å². The Morgan fingerprint density at radius 2 is 1.92 bits per heavy atom. The Morgan fingerprint density at radius 1 is 1.23 bits per heavy atom. The van der Waals surface area contributed by atoms with Crippen LogP contribution in [0.4, 0.5) is 0 Å². The van der Waals surface area contributed by atoms with Crippen LogP contribution in [0.1, 0.15) is 38.4 Å². The van der Waals surface area contributed by atoms with Gasteiger partial charge in [-0.25, -0.2) is 0 Å². The van der Waals surface area contributed by atoms with E-state index in [0.717, 1.165) is 24.2 Å². The van der Waals surface area contributed by atoms with Gasteiger partial charge in [-0.1, -0.05) is 57.2 Å². The summed E-state index contributed by atoms with van der Waals surface area (Å²) in [5.41, 5.74) is 4.43. The smallest absolute Gasteiger partial charge is 0.0971 e. The Morgan fingerprint density at radius 3 is 2.58 bits per heavy atom. The summed E-state index contributed by atoms with van der Waals surface area (Å²) in [5, 5.41) is 25.2. The highest BCUT2D eigenvalue weighted by atomic mass is 16.3. The average Bonchev–Trinajstić information content (AvgIpc) is 2.96. The molecule has 4 nitrogen and oxygen atoms in total. The molecule has 1 unspecified atom stereocenters. The number of rotatable bonds is 1. The summed E-state index contributed by atoms with van der Waals surface area (Å²) < 4.78 is 1.98. The van der Waals surface area contributed by atoms with Gasteiger partial charge in [0.05, 0.1) is 29.1 Å². The van der Waals surface area contributed by atoms with Crippen molar-refractivity contribution >= 4 is 0 Å². The molecular weight excluding hydrogens is 322 g/mol. The first-order chi connectivity index (χ1) is 12.3. The van der Waals surface area contributed by atoms with Crippen molar-refractivity contribution in [2.24, 2.45) is 18.4 Å².